The van der Waals surface area contributed by atoms with Crippen molar-refractivity contribution in [1.29, 1.82) is 0 Å². The second-order valence-corrected chi connectivity index (χ2v) is 6.85. The lowest BCUT2D eigenvalue weighted by Gasteiger charge is -2.39. The maximum absolute atomic E-state index is 9.60. The minimum absolute atomic E-state index is 0.0329. The zero-order valence-corrected chi connectivity index (χ0v) is 14.8. The van der Waals surface area contributed by atoms with E-state index in [-0.39, 0.29) is 12.0 Å². The van der Waals surface area contributed by atoms with Gasteiger partial charge in [0, 0.05) is 25.1 Å². The molecule has 0 spiro atoms. The molecule has 1 atom stereocenters. The van der Waals surface area contributed by atoms with E-state index in [9.17, 15) is 5.11 Å². The van der Waals surface area contributed by atoms with Crippen LogP contribution in [0.1, 0.15) is 45.6 Å². The number of likely N-dealkylation sites (tertiary alicyclic amines) is 1. The van der Waals surface area contributed by atoms with Crippen molar-refractivity contribution >= 4 is 0 Å². The summed E-state index contributed by atoms with van der Waals surface area (Å²) in [5.41, 5.74) is 1.27. The van der Waals surface area contributed by atoms with Crippen molar-refractivity contribution in [3.05, 3.63) is 23.8 Å². The quantitative estimate of drug-likeness (QED) is 0.796. The van der Waals surface area contributed by atoms with E-state index in [1.165, 1.54) is 5.56 Å². The van der Waals surface area contributed by atoms with Gasteiger partial charge in [0.25, 0.3) is 0 Å². The van der Waals surface area contributed by atoms with Gasteiger partial charge in [-0.15, -0.1) is 0 Å². The minimum atomic E-state index is 0.0329. The summed E-state index contributed by atoms with van der Waals surface area (Å²) in [6.45, 7) is 10.8. The molecule has 1 aliphatic heterocycles. The highest BCUT2D eigenvalue weighted by Crippen LogP contribution is 2.32. The Kier molecular flexibility index (Phi) is 6.72. The van der Waals surface area contributed by atoms with Crippen LogP contribution in [0.2, 0.25) is 0 Å². The van der Waals surface area contributed by atoms with Crippen molar-refractivity contribution in [1.82, 2.24) is 4.90 Å². The average Bonchev–Trinajstić information content (AvgIpc) is 2.55. The van der Waals surface area contributed by atoms with Gasteiger partial charge in [0.15, 0.2) is 11.5 Å². The zero-order chi connectivity index (χ0) is 16.7. The van der Waals surface area contributed by atoms with Crippen LogP contribution >= 0.6 is 0 Å². The molecule has 1 aromatic rings. The molecule has 1 saturated heterocycles. The number of aliphatic hydroxyl groups excluding tert-OH is 1. The van der Waals surface area contributed by atoms with E-state index in [1.54, 1.807) is 0 Å². The first kappa shape index (κ1) is 18.1. The highest BCUT2D eigenvalue weighted by Gasteiger charge is 2.30. The van der Waals surface area contributed by atoms with Crippen LogP contribution < -0.4 is 9.47 Å². The molecule has 1 fully saturated rings. The average molecular weight is 321 g/mol. The normalized spacial score (nSPS) is 22.1. The van der Waals surface area contributed by atoms with Crippen molar-refractivity contribution in [2.45, 2.75) is 46.6 Å². The molecule has 0 aromatic heterocycles. The first-order valence-electron chi connectivity index (χ1n) is 8.82. The van der Waals surface area contributed by atoms with E-state index >= 15 is 0 Å². The van der Waals surface area contributed by atoms with E-state index in [0.717, 1.165) is 50.4 Å². The minimum Gasteiger partial charge on any atom is -0.490 e. The van der Waals surface area contributed by atoms with Gasteiger partial charge in [-0.3, -0.25) is 4.90 Å². The maximum atomic E-state index is 9.60. The Morgan fingerprint density at radius 3 is 2.74 bits per heavy atom. The summed E-state index contributed by atoms with van der Waals surface area (Å²) < 4.78 is 11.5. The number of piperidine rings is 1. The van der Waals surface area contributed by atoms with Gasteiger partial charge >= 0.3 is 0 Å². The molecule has 4 nitrogen and oxygen atoms in total. The fraction of sp³-hybridized carbons (Fsp3) is 0.684. The highest BCUT2D eigenvalue weighted by molar-refractivity contribution is 5.43. The second kappa shape index (κ2) is 8.55. The molecule has 1 N–H and O–H groups in total. The Balaban J connectivity index is 2.06. The molecular weight excluding hydrogens is 290 g/mol. The number of ether oxygens (including phenoxy) is 2. The topological polar surface area (TPSA) is 41.9 Å². The van der Waals surface area contributed by atoms with Crippen LogP contribution in [-0.4, -0.2) is 42.9 Å². The van der Waals surface area contributed by atoms with Crippen molar-refractivity contribution in [2.75, 3.05) is 32.9 Å². The summed E-state index contributed by atoms with van der Waals surface area (Å²) in [5.74, 6) is 1.66. The number of hydrogen-bond acceptors (Lipinski definition) is 4. The van der Waals surface area contributed by atoms with Crippen molar-refractivity contribution in [3.63, 3.8) is 0 Å². The third-order valence-electron chi connectivity index (χ3n) is 4.42. The summed E-state index contributed by atoms with van der Waals surface area (Å²) in [7, 11) is 0. The van der Waals surface area contributed by atoms with Crippen LogP contribution in [-0.2, 0) is 6.54 Å². The molecule has 1 heterocycles. The third kappa shape index (κ3) is 5.11. The van der Waals surface area contributed by atoms with Gasteiger partial charge in [0.1, 0.15) is 0 Å². The van der Waals surface area contributed by atoms with Gasteiger partial charge in [-0.2, -0.15) is 0 Å². The van der Waals surface area contributed by atoms with E-state index in [0.29, 0.717) is 13.2 Å². The van der Waals surface area contributed by atoms with E-state index in [1.807, 2.05) is 13.0 Å². The summed E-state index contributed by atoms with van der Waals surface area (Å²) in [6, 6.07) is 6.24. The van der Waals surface area contributed by atoms with Crippen LogP contribution in [0.15, 0.2) is 18.2 Å². The fourth-order valence-corrected chi connectivity index (χ4v) is 3.20. The molecule has 0 aliphatic carbocycles. The summed E-state index contributed by atoms with van der Waals surface area (Å²) >= 11 is 0. The molecule has 23 heavy (non-hydrogen) atoms. The zero-order valence-electron chi connectivity index (χ0n) is 14.8. The van der Waals surface area contributed by atoms with Crippen molar-refractivity contribution in [2.24, 2.45) is 5.41 Å². The van der Waals surface area contributed by atoms with Crippen LogP contribution in [0.4, 0.5) is 0 Å². The standard InChI is InChI=1S/C19H31NO3/c1-4-11-23-17-8-7-16(12-18(17)22-5-2)13-20-10-6-9-19(3,14-20)15-21/h7-8,12,21H,4-6,9-11,13-15H2,1-3H3. The Hall–Kier alpha value is -1.26. The largest absolute Gasteiger partial charge is 0.490 e. The molecular formula is C19H31NO3. The fourth-order valence-electron chi connectivity index (χ4n) is 3.20. The predicted molar refractivity (Wildman–Crippen MR) is 93.1 cm³/mol. The second-order valence-electron chi connectivity index (χ2n) is 6.85. The molecule has 130 valence electrons. The molecule has 0 saturated carbocycles. The first-order valence-corrected chi connectivity index (χ1v) is 8.82. The molecule has 0 radical (unpaired) electrons. The van der Waals surface area contributed by atoms with Gasteiger partial charge in [-0.1, -0.05) is 19.9 Å². The molecule has 0 amide bonds. The first-order chi connectivity index (χ1) is 11.1. The van der Waals surface area contributed by atoms with Gasteiger partial charge in [0.05, 0.1) is 13.2 Å². The van der Waals surface area contributed by atoms with Gasteiger partial charge < -0.3 is 14.6 Å². The van der Waals surface area contributed by atoms with Gasteiger partial charge in [-0.25, -0.2) is 0 Å². The monoisotopic (exact) mass is 321 g/mol. The van der Waals surface area contributed by atoms with E-state index in [2.05, 4.69) is 30.9 Å². The highest BCUT2D eigenvalue weighted by atomic mass is 16.5. The van der Waals surface area contributed by atoms with Crippen molar-refractivity contribution in [3.8, 4) is 11.5 Å². The summed E-state index contributed by atoms with van der Waals surface area (Å²) in [6.07, 6.45) is 3.24. The van der Waals surface area contributed by atoms with Gasteiger partial charge in [-0.05, 0) is 50.4 Å². The Morgan fingerprint density at radius 1 is 1.22 bits per heavy atom. The molecule has 4 heteroatoms. The maximum Gasteiger partial charge on any atom is 0.161 e. The number of rotatable bonds is 8. The molecule has 1 aliphatic rings. The summed E-state index contributed by atoms with van der Waals surface area (Å²) in [4.78, 5) is 2.43. The molecule has 1 unspecified atom stereocenters. The summed E-state index contributed by atoms with van der Waals surface area (Å²) in [5, 5.41) is 9.60. The third-order valence-corrected chi connectivity index (χ3v) is 4.42. The number of aliphatic hydroxyl groups is 1. The Morgan fingerprint density at radius 2 is 2.04 bits per heavy atom. The van der Waals surface area contributed by atoms with Crippen molar-refractivity contribution < 1.29 is 14.6 Å². The van der Waals surface area contributed by atoms with Crippen LogP contribution in [0.25, 0.3) is 0 Å². The molecule has 0 bridgehead atoms. The number of hydrogen-bond donors (Lipinski definition) is 1. The van der Waals surface area contributed by atoms with Crippen LogP contribution in [0.3, 0.4) is 0 Å². The lowest BCUT2D eigenvalue weighted by atomic mass is 9.82. The Bertz CT molecular complexity index is 492. The lowest BCUT2D eigenvalue weighted by Crippen LogP contribution is -2.43. The number of nitrogens with zero attached hydrogens (tertiary/aromatic N) is 1. The van der Waals surface area contributed by atoms with Crippen LogP contribution in [0, 0.1) is 5.41 Å². The Labute approximate surface area is 140 Å². The molecule has 1 aromatic carbocycles. The number of benzene rings is 1. The lowest BCUT2D eigenvalue weighted by molar-refractivity contribution is 0.0429. The molecule has 2 rings (SSSR count). The van der Waals surface area contributed by atoms with E-state index in [4.69, 9.17) is 9.47 Å². The predicted octanol–water partition coefficient (Wildman–Crippen LogP) is 3.47. The van der Waals surface area contributed by atoms with Crippen LogP contribution in [0.5, 0.6) is 11.5 Å². The smallest absolute Gasteiger partial charge is 0.161 e. The SMILES string of the molecule is CCCOc1ccc(CN2CCCC(C)(CO)C2)cc1OCC. The van der Waals surface area contributed by atoms with E-state index < -0.39 is 0 Å². The van der Waals surface area contributed by atoms with Gasteiger partial charge in [0.2, 0.25) is 0 Å².